The molecule has 0 radical (unpaired) electrons. The topological polar surface area (TPSA) is 46.5 Å². The van der Waals surface area contributed by atoms with Gasteiger partial charge in [0.2, 0.25) is 0 Å². The first kappa shape index (κ1) is 9.51. The molecule has 3 nitrogen and oxygen atoms in total. The molecule has 0 aromatic heterocycles. The Balaban J connectivity index is 3.01. The van der Waals surface area contributed by atoms with E-state index in [-0.39, 0.29) is 12.2 Å². The van der Waals surface area contributed by atoms with Gasteiger partial charge in [0.15, 0.2) is 11.6 Å². The van der Waals surface area contributed by atoms with Gasteiger partial charge in [0.1, 0.15) is 5.56 Å². The largest absolute Gasteiger partial charge is 0.504 e. The van der Waals surface area contributed by atoms with Crippen LogP contribution in [0.15, 0.2) is 18.2 Å². The summed E-state index contributed by atoms with van der Waals surface area (Å²) in [6.07, 6.45) is 0. The van der Waals surface area contributed by atoms with Gasteiger partial charge in [0.25, 0.3) is 0 Å². The normalized spacial score (nSPS) is 9.69. The quantitative estimate of drug-likeness (QED) is 0.711. The molecule has 1 rings (SSSR count). The van der Waals surface area contributed by atoms with Crippen LogP contribution in [-0.2, 0) is 4.74 Å². The molecule has 13 heavy (non-hydrogen) atoms. The number of halogens is 1. The van der Waals surface area contributed by atoms with E-state index < -0.39 is 17.5 Å². The third-order valence-electron chi connectivity index (χ3n) is 1.48. The van der Waals surface area contributed by atoms with Gasteiger partial charge in [-0.3, -0.25) is 0 Å². The molecule has 1 aromatic rings. The highest BCUT2D eigenvalue weighted by atomic mass is 19.1. The standard InChI is InChI=1S/C9H9FO3/c1-2-13-9(12)6-4-3-5-7(10)8(6)11/h3-5,11H,2H2,1H3. The molecule has 0 unspecified atom stereocenters. The van der Waals surface area contributed by atoms with E-state index >= 15 is 0 Å². The van der Waals surface area contributed by atoms with Crippen molar-refractivity contribution in [2.75, 3.05) is 6.61 Å². The van der Waals surface area contributed by atoms with Gasteiger partial charge in [-0.25, -0.2) is 9.18 Å². The highest BCUT2D eigenvalue weighted by Crippen LogP contribution is 2.21. The van der Waals surface area contributed by atoms with Crippen LogP contribution in [0.25, 0.3) is 0 Å². The van der Waals surface area contributed by atoms with Crippen molar-refractivity contribution in [3.8, 4) is 5.75 Å². The molecular formula is C9H9FO3. The number of para-hydroxylation sites is 1. The van der Waals surface area contributed by atoms with E-state index in [0.29, 0.717) is 0 Å². The molecule has 0 spiro atoms. The lowest BCUT2D eigenvalue weighted by Crippen LogP contribution is -2.05. The van der Waals surface area contributed by atoms with E-state index in [4.69, 9.17) is 5.11 Å². The number of esters is 1. The van der Waals surface area contributed by atoms with Crippen molar-refractivity contribution in [3.05, 3.63) is 29.6 Å². The summed E-state index contributed by atoms with van der Waals surface area (Å²) in [4.78, 5) is 11.1. The fraction of sp³-hybridized carbons (Fsp3) is 0.222. The second-order valence-electron chi connectivity index (χ2n) is 2.36. The summed E-state index contributed by atoms with van der Waals surface area (Å²) in [7, 11) is 0. The molecule has 0 heterocycles. The maximum Gasteiger partial charge on any atom is 0.342 e. The maximum atomic E-state index is 12.7. The first-order valence-corrected chi connectivity index (χ1v) is 3.81. The van der Waals surface area contributed by atoms with Crippen molar-refractivity contribution >= 4 is 5.97 Å². The molecule has 0 saturated carbocycles. The third kappa shape index (κ3) is 1.96. The van der Waals surface area contributed by atoms with Crippen molar-refractivity contribution in [2.24, 2.45) is 0 Å². The van der Waals surface area contributed by atoms with Crippen LogP contribution in [-0.4, -0.2) is 17.7 Å². The second kappa shape index (κ2) is 3.89. The van der Waals surface area contributed by atoms with Gasteiger partial charge in [0.05, 0.1) is 6.61 Å². The minimum absolute atomic E-state index is 0.151. The third-order valence-corrected chi connectivity index (χ3v) is 1.48. The Bertz CT molecular complexity index is 323. The van der Waals surface area contributed by atoms with E-state index in [9.17, 15) is 9.18 Å². The Kier molecular flexibility index (Phi) is 2.84. The van der Waals surface area contributed by atoms with Crippen molar-refractivity contribution in [1.82, 2.24) is 0 Å². The van der Waals surface area contributed by atoms with Crippen LogP contribution in [0.3, 0.4) is 0 Å². The first-order chi connectivity index (χ1) is 6.16. The zero-order chi connectivity index (χ0) is 9.84. The minimum Gasteiger partial charge on any atom is -0.504 e. The van der Waals surface area contributed by atoms with Crippen molar-refractivity contribution in [3.63, 3.8) is 0 Å². The van der Waals surface area contributed by atoms with Gasteiger partial charge in [-0.2, -0.15) is 0 Å². The average molecular weight is 184 g/mol. The number of hydrogen-bond acceptors (Lipinski definition) is 3. The molecule has 70 valence electrons. The lowest BCUT2D eigenvalue weighted by molar-refractivity contribution is 0.0522. The Hall–Kier alpha value is -1.58. The van der Waals surface area contributed by atoms with Crippen molar-refractivity contribution in [1.29, 1.82) is 0 Å². The van der Waals surface area contributed by atoms with E-state index in [1.165, 1.54) is 12.1 Å². The molecule has 0 amide bonds. The lowest BCUT2D eigenvalue weighted by atomic mass is 10.2. The highest BCUT2D eigenvalue weighted by molar-refractivity contribution is 5.92. The van der Waals surface area contributed by atoms with Crippen LogP contribution in [0.5, 0.6) is 5.75 Å². The van der Waals surface area contributed by atoms with E-state index in [1.54, 1.807) is 6.92 Å². The number of phenols is 1. The first-order valence-electron chi connectivity index (χ1n) is 3.81. The van der Waals surface area contributed by atoms with Crippen LogP contribution < -0.4 is 0 Å². The maximum absolute atomic E-state index is 12.7. The molecule has 0 atom stereocenters. The summed E-state index contributed by atoms with van der Waals surface area (Å²) in [6, 6.07) is 3.70. The summed E-state index contributed by atoms with van der Waals surface area (Å²) < 4.78 is 17.3. The second-order valence-corrected chi connectivity index (χ2v) is 2.36. The molecule has 0 fully saturated rings. The van der Waals surface area contributed by atoms with Crippen molar-refractivity contribution in [2.45, 2.75) is 6.92 Å². The van der Waals surface area contributed by atoms with E-state index in [2.05, 4.69) is 4.74 Å². The highest BCUT2D eigenvalue weighted by Gasteiger charge is 2.14. The van der Waals surface area contributed by atoms with Gasteiger partial charge >= 0.3 is 5.97 Å². The smallest absolute Gasteiger partial charge is 0.342 e. The molecule has 4 heteroatoms. The number of carbonyl (C=O) groups is 1. The summed E-state index contributed by atoms with van der Waals surface area (Å²) in [5.41, 5.74) is -0.151. The molecule has 1 N–H and O–H groups in total. The fourth-order valence-electron chi connectivity index (χ4n) is 0.889. The number of hydrogen-bond donors (Lipinski definition) is 1. The predicted molar refractivity (Wildman–Crippen MR) is 44.0 cm³/mol. The molecule has 0 aliphatic heterocycles. The van der Waals surface area contributed by atoms with Gasteiger partial charge in [-0.05, 0) is 19.1 Å². The number of ether oxygens (including phenoxy) is 1. The van der Waals surface area contributed by atoms with Gasteiger partial charge in [-0.15, -0.1) is 0 Å². The molecule has 0 bridgehead atoms. The molecule has 0 aliphatic carbocycles. The van der Waals surface area contributed by atoms with Crippen LogP contribution in [0.1, 0.15) is 17.3 Å². The lowest BCUT2D eigenvalue weighted by Gasteiger charge is -2.03. The molecular weight excluding hydrogens is 175 g/mol. The predicted octanol–water partition coefficient (Wildman–Crippen LogP) is 1.71. The zero-order valence-electron chi connectivity index (χ0n) is 7.08. The van der Waals surface area contributed by atoms with Gasteiger partial charge < -0.3 is 9.84 Å². The van der Waals surface area contributed by atoms with Gasteiger partial charge in [0, 0.05) is 0 Å². The van der Waals surface area contributed by atoms with Crippen LogP contribution in [0.2, 0.25) is 0 Å². The van der Waals surface area contributed by atoms with E-state index in [0.717, 1.165) is 6.07 Å². The molecule has 1 aromatic carbocycles. The molecule has 0 aliphatic rings. The zero-order valence-corrected chi connectivity index (χ0v) is 7.08. The number of rotatable bonds is 2. The Morgan fingerprint density at radius 2 is 2.31 bits per heavy atom. The van der Waals surface area contributed by atoms with Crippen LogP contribution in [0, 0.1) is 5.82 Å². The summed E-state index contributed by atoms with van der Waals surface area (Å²) >= 11 is 0. The van der Waals surface area contributed by atoms with Crippen LogP contribution in [0.4, 0.5) is 4.39 Å². The Morgan fingerprint density at radius 3 is 2.92 bits per heavy atom. The summed E-state index contributed by atoms with van der Waals surface area (Å²) in [6.45, 7) is 1.82. The van der Waals surface area contributed by atoms with Crippen molar-refractivity contribution < 1.29 is 19.0 Å². The monoisotopic (exact) mass is 184 g/mol. The number of aromatic hydroxyl groups is 1. The number of phenolic OH excluding ortho intramolecular Hbond substituents is 1. The average Bonchev–Trinajstić information content (AvgIpc) is 2.10. The number of benzene rings is 1. The Labute approximate surface area is 74.8 Å². The summed E-state index contributed by atoms with van der Waals surface area (Å²) in [5, 5.41) is 9.12. The minimum atomic E-state index is -0.828. The summed E-state index contributed by atoms with van der Waals surface area (Å²) in [5.74, 6) is -2.22. The molecule has 0 saturated heterocycles. The van der Waals surface area contributed by atoms with Gasteiger partial charge in [-0.1, -0.05) is 6.07 Å². The fourth-order valence-corrected chi connectivity index (χ4v) is 0.889. The van der Waals surface area contributed by atoms with E-state index in [1.807, 2.05) is 0 Å². The SMILES string of the molecule is CCOC(=O)c1cccc(F)c1O. The van der Waals surface area contributed by atoms with Crippen LogP contribution >= 0.6 is 0 Å². The Morgan fingerprint density at radius 1 is 1.62 bits per heavy atom. The number of carbonyl (C=O) groups excluding carboxylic acids is 1.